The number of methoxy groups -OCH3 is 1. The Kier molecular flexibility index (Phi) is 6.30. The molecular weight excluding hydrogens is 364 g/mol. The Hall–Kier alpha value is -2.31. The van der Waals surface area contributed by atoms with Crippen LogP contribution in [0.4, 0.5) is 5.13 Å². The van der Waals surface area contributed by atoms with Gasteiger partial charge < -0.3 is 10.1 Å². The maximum Gasteiger partial charge on any atom is 0.236 e. The maximum absolute atomic E-state index is 12.1. The number of aromatic nitrogens is 1. The normalized spacial score (nSPS) is 10.5. The van der Waals surface area contributed by atoms with Gasteiger partial charge in [0.05, 0.1) is 18.6 Å². The number of nitrogens with zero attached hydrogens (tertiary/aromatic N) is 1. The second kappa shape index (κ2) is 8.87. The Morgan fingerprint density at radius 3 is 2.58 bits per heavy atom. The predicted molar refractivity (Wildman–Crippen MR) is 110 cm³/mol. The second-order valence-corrected chi connectivity index (χ2v) is 7.64. The van der Waals surface area contributed by atoms with Gasteiger partial charge in [0.2, 0.25) is 5.91 Å². The molecule has 0 atom stereocenters. The zero-order valence-corrected chi connectivity index (χ0v) is 16.3. The molecule has 1 aromatic heterocycles. The highest BCUT2D eigenvalue weighted by atomic mass is 32.2. The molecule has 0 aliphatic heterocycles. The van der Waals surface area contributed by atoms with Crippen molar-refractivity contribution in [1.29, 1.82) is 0 Å². The minimum absolute atomic E-state index is 0.0299. The minimum atomic E-state index is -0.0299. The lowest BCUT2D eigenvalue weighted by Crippen LogP contribution is -2.13. The van der Waals surface area contributed by atoms with E-state index in [9.17, 15) is 4.79 Å². The standard InChI is InChI=1S/C20H20N2O2S2/c1-14-3-5-15(6-4-14)11-25-13-19(23)22-20-21-18(12-26-20)16-7-9-17(24-2)10-8-16/h3-10,12H,11,13H2,1-2H3,(H,21,22,23). The van der Waals surface area contributed by atoms with Crippen molar-refractivity contribution >= 4 is 34.1 Å². The molecule has 0 aliphatic rings. The first-order chi connectivity index (χ1) is 12.6. The minimum Gasteiger partial charge on any atom is -0.497 e. The molecule has 2 aromatic carbocycles. The van der Waals surface area contributed by atoms with E-state index in [2.05, 4.69) is 41.5 Å². The molecule has 0 bridgehead atoms. The van der Waals surface area contributed by atoms with E-state index in [4.69, 9.17) is 4.74 Å². The van der Waals surface area contributed by atoms with E-state index in [-0.39, 0.29) is 5.91 Å². The molecular formula is C20H20N2O2S2. The molecule has 6 heteroatoms. The Labute approximate surface area is 161 Å². The first kappa shape index (κ1) is 18.5. The number of aryl methyl sites for hydroxylation is 1. The number of carbonyl (C=O) groups excluding carboxylic acids is 1. The van der Waals surface area contributed by atoms with Gasteiger partial charge in [0, 0.05) is 16.7 Å². The highest BCUT2D eigenvalue weighted by Crippen LogP contribution is 2.26. The summed E-state index contributed by atoms with van der Waals surface area (Å²) in [5.41, 5.74) is 4.31. The monoisotopic (exact) mass is 384 g/mol. The quantitative estimate of drug-likeness (QED) is 0.623. The Bertz CT molecular complexity index is 858. The van der Waals surface area contributed by atoms with Crippen molar-refractivity contribution in [3.05, 3.63) is 65.0 Å². The van der Waals surface area contributed by atoms with Crippen LogP contribution in [-0.2, 0) is 10.5 Å². The highest BCUT2D eigenvalue weighted by molar-refractivity contribution is 7.99. The molecule has 0 aliphatic carbocycles. The average molecular weight is 385 g/mol. The van der Waals surface area contributed by atoms with E-state index < -0.39 is 0 Å². The van der Waals surface area contributed by atoms with Gasteiger partial charge in [0.15, 0.2) is 5.13 Å². The van der Waals surface area contributed by atoms with Crippen LogP contribution in [0.2, 0.25) is 0 Å². The van der Waals surface area contributed by atoms with Crippen molar-refractivity contribution in [3.8, 4) is 17.0 Å². The van der Waals surface area contributed by atoms with Gasteiger partial charge in [-0.3, -0.25) is 4.79 Å². The van der Waals surface area contributed by atoms with Crippen molar-refractivity contribution in [3.63, 3.8) is 0 Å². The third-order valence-corrected chi connectivity index (χ3v) is 5.52. The number of nitrogens with one attached hydrogen (secondary N) is 1. The summed E-state index contributed by atoms with van der Waals surface area (Å²) < 4.78 is 5.16. The first-order valence-corrected chi connectivity index (χ1v) is 10.2. The number of hydrogen-bond donors (Lipinski definition) is 1. The Morgan fingerprint density at radius 1 is 1.15 bits per heavy atom. The molecule has 0 saturated heterocycles. The fourth-order valence-electron chi connectivity index (χ4n) is 2.33. The van der Waals surface area contributed by atoms with Crippen molar-refractivity contribution in [2.45, 2.75) is 12.7 Å². The lowest BCUT2D eigenvalue weighted by Gasteiger charge is -2.03. The van der Waals surface area contributed by atoms with Gasteiger partial charge in [-0.05, 0) is 36.8 Å². The van der Waals surface area contributed by atoms with Crippen LogP contribution in [0.1, 0.15) is 11.1 Å². The SMILES string of the molecule is COc1ccc(-c2csc(NC(=O)CSCc3ccc(C)cc3)n2)cc1. The van der Waals surface area contributed by atoms with Crippen LogP contribution in [0.25, 0.3) is 11.3 Å². The number of benzene rings is 2. The van der Waals surface area contributed by atoms with Gasteiger partial charge in [-0.15, -0.1) is 23.1 Å². The number of ether oxygens (including phenoxy) is 1. The number of anilines is 1. The van der Waals surface area contributed by atoms with Gasteiger partial charge in [0.25, 0.3) is 0 Å². The van der Waals surface area contributed by atoms with E-state index in [1.807, 2.05) is 29.6 Å². The molecule has 4 nitrogen and oxygen atoms in total. The first-order valence-electron chi connectivity index (χ1n) is 8.17. The number of hydrogen-bond acceptors (Lipinski definition) is 5. The largest absolute Gasteiger partial charge is 0.497 e. The second-order valence-electron chi connectivity index (χ2n) is 5.79. The van der Waals surface area contributed by atoms with Crippen molar-refractivity contribution < 1.29 is 9.53 Å². The summed E-state index contributed by atoms with van der Waals surface area (Å²) in [6.07, 6.45) is 0. The van der Waals surface area contributed by atoms with Crippen LogP contribution in [0.3, 0.4) is 0 Å². The Balaban J connectivity index is 1.50. The third kappa shape index (κ3) is 5.09. The van der Waals surface area contributed by atoms with Crippen LogP contribution in [-0.4, -0.2) is 23.8 Å². The fraction of sp³-hybridized carbons (Fsp3) is 0.200. The third-order valence-electron chi connectivity index (χ3n) is 3.76. The lowest BCUT2D eigenvalue weighted by molar-refractivity contribution is -0.113. The van der Waals surface area contributed by atoms with E-state index in [0.29, 0.717) is 10.9 Å². The summed E-state index contributed by atoms with van der Waals surface area (Å²) >= 11 is 3.03. The molecule has 0 spiro atoms. The topological polar surface area (TPSA) is 51.2 Å². The van der Waals surface area contributed by atoms with E-state index in [0.717, 1.165) is 22.8 Å². The molecule has 3 aromatic rings. The number of rotatable bonds is 7. The zero-order valence-electron chi connectivity index (χ0n) is 14.7. The molecule has 0 saturated carbocycles. The van der Waals surface area contributed by atoms with Crippen molar-refractivity contribution in [2.75, 3.05) is 18.2 Å². The van der Waals surface area contributed by atoms with Crippen LogP contribution in [0, 0.1) is 6.92 Å². The van der Waals surface area contributed by atoms with Crippen LogP contribution in [0.15, 0.2) is 53.9 Å². The summed E-state index contributed by atoms with van der Waals surface area (Å²) in [4.78, 5) is 16.6. The molecule has 134 valence electrons. The fourth-order valence-corrected chi connectivity index (χ4v) is 3.85. The lowest BCUT2D eigenvalue weighted by atomic mass is 10.2. The number of thioether (sulfide) groups is 1. The summed E-state index contributed by atoms with van der Waals surface area (Å²) in [7, 11) is 1.64. The van der Waals surface area contributed by atoms with E-state index >= 15 is 0 Å². The van der Waals surface area contributed by atoms with Crippen molar-refractivity contribution in [2.24, 2.45) is 0 Å². The molecule has 1 N–H and O–H groups in total. The average Bonchev–Trinajstić information content (AvgIpc) is 3.12. The highest BCUT2D eigenvalue weighted by Gasteiger charge is 2.08. The molecule has 1 heterocycles. The number of carbonyl (C=O) groups is 1. The molecule has 1 amide bonds. The number of amides is 1. The summed E-state index contributed by atoms with van der Waals surface area (Å²) in [6, 6.07) is 16.1. The summed E-state index contributed by atoms with van der Waals surface area (Å²) in [5.74, 6) is 2.01. The van der Waals surface area contributed by atoms with Gasteiger partial charge in [0.1, 0.15) is 5.75 Å². The number of thiazole rings is 1. The predicted octanol–water partition coefficient (Wildman–Crippen LogP) is 5.00. The van der Waals surface area contributed by atoms with E-state index in [1.165, 1.54) is 22.5 Å². The molecule has 0 fully saturated rings. The summed E-state index contributed by atoms with van der Waals surface area (Å²) in [6.45, 7) is 2.07. The van der Waals surface area contributed by atoms with Gasteiger partial charge in [-0.2, -0.15) is 0 Å². The molecule has 3 rings (SSSR count). The summed E-state index contributed by atoms with van der Waals surface area (Å²) in [5, 5.41) is 5.44. The molecule has 0 unspecified atom stereocenters. The van der Waals surface area contributed by atoms with Gasteiger partial charge in [-0.1, -0.05) is 29.8 Å². The van der Waals surface area contributed by atoms with Crippen molar-refractivity contribution in [1.82, 2.24) is 4.98 Å². The van der Waals surface area contributed by atoms with Crippen LogP contribution in [0.5, 0.6) is 5.75 Å². The van der Waals surface area contributed by atoms with Gasteiger partial charge >= 0.3 is 0 Å². The Morgan fingerprint density at radius 2 is 1.88 bits per heavy atom. The smallest absolute Gasteiger partial charge is 0.236 e. The molecule has 0 radical (unpaired) electrons. The zero-order chi connectivity index (χ0) is 18.4. The molecule has 26 heavy (non-hydrogen) atoms. The van der Waals surface area contributed by atoms with Crippen LogP contribution < -0.4 is 10.1 Å². The van der Waals surface area contributed by atoms with Crippen LogP contribution >= 0.6 is 23.1 Å². The van der Waals surface area contributed by atoms with Gasteiger partial charge in [-0.25, -0.2) is 4.98 Å². The maximum atomic E-state index is 12.1. The van der Waals surface area contributed by atoms with E-state index in [1.54, 1.807) is 18.9 Å².